The maximum absolute atomic E-state index is 5.95. The zero-order valence-corrected chi connectivity index (χ0v) is 10.9. The fourth-order valence-corrected chi connectivity index (χ4v) is 2.20. The molecule has 0 amide bonds. The summed E-state index contributed by atoms with van der Waals surface area (Å²) in [5.41, 5.74) is 8.41. The van der Waals surface area contributed by atoms with Gasteiger partial charge in [0.1, 0.15) is 0 Å². The van der Waals surface area contributed by atoms with Gasteiger partial charge in [-0.3, -0.25) is 4.98 Å². The molecule has 0 radical (unpaired) electrons. The van der Waals surface area contributed by atoms with Gasteiger partial charge in [-0.2, -0.15) is 0 Å². The number of pyridine rings is 1. The number of nitrogen functional groups attached to an aromatic ring is 1. The molecule has 3 aromatic rings. The van der Waals surface area contributed by atoms with Crippen molar-refractivity contribution in [2.24, 2.45) is 0 Å². The van der Waals surface area contributed by atoms with E-state index in [4.69, 9.17) is 17.3 Å². The minimum Gasteiger partial charge on any atom is -0.397 e. The molecule has 0 spiro atoms. The number of hydrogen-bond acceptors (Lipinski definition) is 3. The highest BCUT2D eigenvalue weighted by Crippen LogP contribution is 2.29. The predicted octanol–water partition coefficient (Wildman–Crippen LogP) is 4.21. The number of benzene rings is 2. The molecule has 3 N–H and O–H groups in total. The average molecular weight is 270 g/mol. The van der Waals surface area contributed by atoms with Crippen molar-refractivity contribution in [3.8, 4) is 0 Å². The smallest absolute Gasteiger partial charge is 0.0619 e. The van der Waals surface area contributed by atoms with Crippen LogP contribution in [-0.4, -0.2) is 4.98 Å². The van der Waals surface area contributed by atoms with Gasteiger partial charge in [0, 0.05) is 33.9 Å². The number of anilines is 3. The first-order valence-electron chi connectivity index (χ1n) is 5.89. The summed E-state index contributed by atoms with van der Waals surface area (Å²) in [4.78, 5) is 4.12. The van der Waals surface area contributed by atoms with Gasteiger partial charge >= 0.3 is 0 Å². The normalized spacial score (nSPS) is 10.6. The van der Waals surface area contributed by atoms with Crippen LogP contribution in [-0.2, 0) is 0 Å². The van der Waals surface area contributed by atoms with Crippen molar-refractivity contribution in [1.82, 2.24) is 4.98 Å². The van der Waals surface area contributed by atoms with Gasteiger partial charge in [-0.1, -0.05) is 23.7 Å². The quantitative estimate of drug-likeness (QED) is 0.685. The predicted molar refractivity (Wildman–Crippen MR) is 80.9 cm³/mol. The molecule has 3 rings (SSSR count). The molecule has 0 unspecified atom stereocenters. The molecule has 0 aliphatic heterocycles. The lowest BCUT2D eigenvalue weighted by Gasteiger charge is -2.11. The zero-order chi connectivity index (χ0) is 13.2. The molecule has 3 nitrogen and oxygen atoms in total. The maximum Gasteiger partial charge on any atom is 0.0619 e. The van der Waals surface area contributed by atoms with Crippen LogP contribution < -0.4 is 11.1 Å². The Balaban J connectivity index is 2.06. The first-order valence-corrected chi connectivity index (χ1v) is 6.26. The van der Waals surface area contributed by atoms with Crippen LogP contribution in [0.2, 0.25) is 5.02 Å². The number of fused-ring (bicyclic) bond motifs is 1. The van der Waals surface area contributed by atoms with Gasteiger partial charge < -0.3 is 11.1 Å². The lowest BCUT2D eigenvalue weighted by atomic mass is 10.1. The Morgan fingerprint density at radius 3 is 2.79 bits per heavy atom. The van der Waals surface area contributed by atoms with Gasteiger partial charge in [0.2, 0.25) is 0 Å². The maximum atomic E-state index is 5.95. The molecular weight excluding hydrogens is 258 g/mol. The lowest BCUT2D eigenvalue weighted by molar-refractivity contribution is 1.36. The van der Waals surface area contributed by atoms with Gasteiger partial charge in [-0.05, 0) is 30.3 Å². The van der Waals surface area contributed by atoms with Crippen molar-refractivity contribution in [2.45, 2.75) is 0 Å². The Morgan fingerprint density at radius 2 is 1.95 bits per heavy atom. The summed E-state index contributed by atoms with van der Waals surface area (Å²) in [5.74, 6) is 0. The highest BCUT2D eigenvalue weighted by Gasteiger charge is 2.04. The summed E-state index contributed by atoms with van der Waals surface area (Å²) >= 11 is 5.90. The van der Waals surface area contributed by atoms with Gasteiger partial charge in [0.25, 0.3) is 0 Å². The first-order chi connectivity index (χ1) is 9.24. The summed E-state index contributed by atoms with van der Waals surface area (Å²) in [6.45, 7) is 0. The van der Waals surface area contributed by atoms with Crippen molar-refractivity contribution >= 4 is 39.4 Å². The molecule has 0 atom stereocenters. The SMILES string of the molecule is Nc1cc(Cl)ccc1Nc1cccc2cnccc12. The molecule has 0 fully saturated rings. The third-order valence-corrected chi connectivity index (χ3v) is 3.20. The summed E-state index contributed by atoms with van der Waals surface area (Å²) in [6, 6.07) is 13.4. The van der Waals surface area contributed by atoms with E-state index in [0.717, 1.165) is 22.1 Å². The standard InChI is InChI=1S/C15H12ClN3/c16-11-4-5-15(13(17)8-11)19-14-3-1-2-10-9-18-7-6-12(10)14/h1-9,19H,17H2. The first kappa shape index (κ1) is 11.8. The molecular formula is C15H12ClN3. The van der Waals surface area contributed by atoms with Crippen LogP contribution in [0.3, 0.4) is 0 Å². The van der Waals surface area contributed by atoms with E-state index in [9.17, 15) is 0 Å². The van der Waals surface area contributed by atoms with Gasteiger partial charge in [-0.25, -0.2) is 0 Å². The van der Waals surface area contributed by atoms with Crippen LogP contribution in [0.4, 0.5) is 17.1 Å². The molecule has 94 valence electrons. The van der Waals surface area contributed by atoms with E-state index in [1.807, 2.05) is 42.6 Å². The molecule has 0 saturated carbocycles. The Hall–Kier alpha value is -2.26. The second-order valence-electron chi connectivity index (χ2n) is 4.26. The summed E-state index contributed by atoms with van der Waals surface area (Å²) in [5, 5.41) is 6.15. The number of nitrogens with two attached hydrogens (primary N) is 1. The van der Waals surface area contributed by atoms with Crippen LogP contribution in [0.5, 0.6) is 0 Å². The number of nitrogens with zero attached hydrogens (tertiary/aromatic N) is 1. The third-order valence-electron chi connectivity index (χ3n) is 2.96. The minimum atomic E-state index is 0.624. The van der Waals surface area contributed by atoms with Crippen LogP contribution in [0.15, 0.2) is 54.9 Å². The second kappa shape index (κ2) is 4.78. The molecule has 0 saturated heterocycles. The molecule has 2 aromatic carbocycles. The van der Waals surface area contributed by atoms with Gasteiger partial charge in [0.05, 0.1) is 11.4 Å². The van der Waals surface area contributed by atoms with Crippen LogP contribution >= 0.6 is 11.6 Å². The van der Waals surface area contributed by atoms with E-state index in [2.05, 4.69) is 10.3 Å². The van der Waals surface area contributed by atoms with Crippen molar-refractivity contribution in [3.05, 3.63) is 59.9 Å². The Bertz CT molecular complexity index is 735. The summed E-state index contributed by atoms with van der Waals surface area (Å²) in [7, 11) is 0. The molecule has 0 bridgehead atoms. The largest absolute Gasteiger partial charge is 0.397 e. The number of halogens is 1. The summed E-state index contributed by atoms with van der Waals surface area (Å²) in [6.07, 6.45) is 3.62. The third kappa shape index (κ3) is 2.33. The molecule has 0 aliphatic carbocycles. The van der Waals surface area contributed by atoms with Crippen molar-refractivity contribution in [1.29, 1.82) is 0 Å². The second-order valence-corrected chi connectivity index (χ2v) is 4.70. The topological polar surface area (TPSA) is 50.9 Å². The number of nitrogens with one attached hydrogen (secondary N) is 1. The highest BCUT2D eigenvalue weighted by molar-refractivity contribution is 6.31. The Labute approximate surface area is 116 Å². The fraction of sp³-hybridized carbons (Fsp3) is 0. The molecule has 1 heterocycles. The van der Waals surface area contributed by atoms with Gasteiger partial charge in [-0.15, -0.1) is 0 Å². The number of rotatable bonds is 2. The van der Waals surface area contributed by atoms with E-state index in [0.29, 0.717) is 10.7 Å². The van der Waals surface area contributed by atoms with E-state index in [1.165, 1.54) is 0 Å². The Kier molecular flexibility index (Phi) is 2.97. The highest BCUT2D eigenvalue weighted by atomic mass is 35.5. The minimum absolute atomic E-state index is 0.624. The number of hydrogen-bond donors (Lipinski definition) is 2. The molecule has 1 aromatic heterocycles. The molecule has 4 heteroatoms. The average Bonchev–Trinajstić information content (AvgIpc) is 2.42. The molecule has 19 heavy (non-hydrogen) atoms. The van der Waals surface area contributed by atoms with Crippen LogP contribution in [0, 0.1) is 0 Å². The number of aromatic nitrogens is 1. The van der Waals surface area contributed by atoms with Crippen LogP contribution in [0.1, 0.15) is 0 Å². The van der Waals surface area contributed by atoms with Crippen molar-refractivity contribution in [2.75, 3.05) is 11.1 Å². The van der Waals surface area contributed by atoms with Crippen molar-refractivity contribution < 1.29 is 0 Å². The van der Waals surface area contributed by atoms with Gasteiger partial charge in [0.15, 0.2) is 0 Å². The monoisotopic (exact) mass is 269 g/mol. The van der Waals surface area contributed by atoms with Crippen molar-refractivity contribution in [3.63, 3.8) is 0 Å². The van der Waals surface area contributed by atoms with E-state index >= 15 is 0 Å². The Morgan fingerprint density at radius 1 is 1.05 bits per heavy atom. The van der Waals surface area contributed by atoms with E-state index in [-0.39, 0.29) is 0 Å². The van der Waals surface area contributed by atoms with E-state index in [1.54, 1.807) is 12.3 Å². The summed E-state index contributed by atoms with van der Waals surface area (Å²) < 4.78 is 0. The zero-order valence-electron chi connectivity index (χ0n) is 10.1. The lowest BCUT2D eigenvalue weighted by Crippen LogP contribution is -1.96. The van der Waals surface area contributed by atoms with E-state index < -0.39 is 0 Å². The van der Waals surface area contributed by atoms with Crippen LogP contribution in [0.25, 0.3) is 10.8 Å². The fourth-order valence-electron chi connectivity index (χ4n) is 2.02. The molecule has 0 aliphatic rings.